The number of nitrogens with zero attached hydrogens (tertiary/aromatic N) is 5. The average molecular weight is 313 g/mol. The predicted molar refractivity (Wildman–Crippen MR) is 79.8 cm³/mol. The van der Waals surface area contributed by atoms with Gasteiger partial charge in [0.05, 0.1) is 41.1 Å². The molecule has 0 aliphatic rings. The smallest absolute Gasteiger partial charge is 0.231 e. The van der Waals surface area contributed by atoms with Crippen molar-refractivity contribution in [2.24, 2.45) is 0 Å². The lowest BCUT2D eigenvalue weighted by Crippen LogP contribution is -2.26. The van der Waals surface area contributed by atoms with Crippen molar-refractivity contribution in [3.63, 3.8) is 0 Å². The molecule has 0 bridgehead atoms. The first kappa shape index (κ1) is 14.1. The molecule has 0 saturated heterocycles. The summed E-state index contributed by atoms with van der Waals surface area (Å²) in [5.41, 5.74) is 0.735. The molecule has 2 aromatic heterocycles. The Kier molecular flexibility index (Phi) is 3.75. The molecule has 0 fully saturated rings. The molecular formula is C14H11N5O2S. The number of rotatable bonds is 4. The summed E-state index contributed by atoms with van der Waals surface area (Å²) < 4.78 is 27.1. The van der Waals surface area contributed by atoms with Gasteiger partial charge in [0.2, 0.25) is 0 Å². The highest BCUT2D eigenvalue weighted by atomic mass is 32.2. The molecule has 0 amide bonds. The second-order valence-electron chi connectivity index (χ2n) is 4.28. The standard InChI is InChI=1S/C14H11N5O2S/c20-22(21,14-4-2-1-3-5-14)19(12-6-8-15-17-10-12)13-7-9-16-18-11-13/h1-11H. The zero-order chi connectivity index (χ0) is 15.4. The van der Waals surface area contributed by atoms with Gasteiger partial charge in [0.25, 0.3) is 10.0 Å². The zero-order valence-corrected chi connectivity index (χ0v) is 12.1. The molecule has 8 heteroatoms. The number of hydrogen-bond acceptors (Lipinski definition) is 6. The number of benzene rings is 1. The van der Waals surface area contributed by atoms with Crippen LogP contribution in [-0.2, 0) is 10.0 Å². The highest BCUT2D eigenvalue weighted by Crippen LogP contribution is 2.30. The minimum atomic E-state index is -3.81. The van der Waals surface area contributed by atoms with Gasteiger partial charge < -0.3 is 0 Å². The molecule has 3 rings (SSSR count). The predicted octanol–water partition coefficient (Wildman–Crippen LogP) is 1.79. The molecule has 0 aliphatic heterocycles. The largest absolute Gasteiger partial charge is 0.268 e. The number of sulfonamides is 1. The molecule has 0 saturated carbocycles. The molecule has 3 aromatic rings. The molecule has 1 aromatic carbocycles. The van der Waals surface area contributed by atoms with Crippen LogP contribution in [0.3, 0.4) is 0 Å². The number of aromatic nitrogens is 4. The third-order valence-corrected chi connectivity index (χ3v) is 4.66. The first-order chi connectivity index (χ1) is 10.7. The summed E-state index contributed by atoms with van der Waals surface area (Å²) in [7, 11) is -3.81. The summed E-state index contributed by atoms with van der Waals surface area (Å²) in [6, 6.07) is 11.3. The van der Waals surface area contributed by atoms with Crippen molar-refractivity contribution in [1.29, 1.82) is 0 Å². The summed E-state index contributed by atoms with van der Waals surface area (Å²) in [5, 5.41) is 14.8. The average Bonchev–Trinajstić information content (AvgIpc) is 2.58. The number of anilines is 2. The van der Waals surface area contributed by atoms with E-state index in [0.29, 0.717) is 11.4 Å². The molecule has 0 atom stereocenters. The van der Waals surface area contributed by atoms with Crippen molar-refractivity contribution in [2.45, 2.75) is 4.90 Å². The molecule has 0 spiro atoms. The minimum absolute atomic E-state index is 0.170. The highest BCUT2D eigenvalue weighted by Gasteiger charge is 2.27. The van der Waals surface area contributed by atoms with Crippen LogP contribution in [0, 0.1) is 0 Å². The molecule has 110 valence electrons. The van der Waals surface area contributed by atoms with E-state index in [1.807, 2.05) is 0 Å². The van der Waals surface area contributed by atoms with Crippen molar-refractivity contribution in [3.05, 3.63) is 67.3 Å². The molecule has 22 heavy (non-hydrogen) atoms. The maximum Gasteiger partial charge on any atom is 0.268 e. The SMILES string of the molecule is O=S(=O)(c1ccccc1)N(c1ccnnc1)c1ccnnc1. The van der Waals surface area contributed by atoms with Crippen molar-refractivity contribution in [1.82, 2.24) is 20.4 Å². The van der Waals surface area contributed by atoms with Crippen LogP contribution in [0.15, 0.2) is 72.1 Å². The minimum Gasteiger partial charge on any atom is -0.231 e. The Hall–Kier alpha value is -2.87. The van der Waals surface area contributed by atoms with Crippen molar-refractivity contribution in [2.75, 3.05) is 4.31 Å². The Balaban J connectivity index is 2.19. The van der Waals surface area contributed by atoms with Crippen molar-refractivity contribution >= 4 is 21.4 Å². The van der Waals surface area contributed by atoms with Gasteiger partial charge in [-0.05, 0) is 24.3 Å². The topological polar surface area (TPSA) is 88.9 Å². The van der Waals surface area contributed by atoms with E-state index >= 15 is 0 Å². The van der Waals surface area contributed by atoms with Gasteiger partial charge in [0.1, 0.15) is 0 Å². The first-order valence-electron chi connectivity index (χ1n) is 6.33. The van der Waals surface area contributed by atoms with Crippen LogP contribution in [0.1, 0.15) is 0 Å². The maximum atomic E-state index is 13.0. The molecule has 0 aliphatic carbocycles. The van der Waals surface area contributed by atoms with E-state index in [0.717, 1.165) is 4.31 Å². The van der Waals surface area contributed by atoms with Gasteiger partial charge in [-0.3, -0.25) is 0 Å². The third kappa shape index (κ3) is 2.63. The Labute approximate surface area is 127 Å². The zero-order valence-electron chi connectivity index (χ0n) is 11.3. The Morgan fingerprint density at radius 2 is 1.27 bits per heavy atom. The summed E-state index contributed by atoms with van der Waals surface area (Å²) in [6.07, 6.45) is 5.61. The second kappa shape index (κ2) is 5.86. The first-order valence-corrected chi connectivity index (χ1v) is 7.77. The van der Waals surface area contributed by atoms with Gasteiger partial charge in [-0.1, -0.05) is 18.2 Å². The fourth-order valence-corrected chi connectivity index (χ4v) is 3.42. The van der Waals surface area contributed by atoms with Crippen molar-refractivity contribution in [3.8, 4) is 0 Å². The van der Waals surface area contributed by atoms with E-state index in [4.69, 9.17) is 0 Å². The van der Waals surface area contributed by atoms with Gasteiger partial charge in [-0.2, -0.15) is 20.4 Å². The number of hydrogen-bond donors (Lipinski definition) is 0. The summed E-state index contributed by atoms with van der Waals surface area (Å²) in [4.78, 5) is 0.170. The fourth-order valence-electron chi connectivity index (χ4n) is 1.93. The third-order valence-electron chi connectivity index (χ3n) is 2.89. The van der Waals surface area contributed by atoms with Gasteiger partial charge in [-0.25, -0.2) is 12.7 Å². The lowest BCUT2D eigenvalue weighted by Gasteiger charge is -2.23. The van der Waals surface area contributed by atoms with E-state index < -0.39 is 10.0 Å². The van der Waals surface area contributed by atoms with Crippen molar-refractivity contribution < 1.29 is 8.42 Å². The maximum absolute atomic E-state index is 13.0. The summed E-state index contributed by atoms with van der Waals surface area (Å²) in [5.74, 6) is 0. The molecule has 0 unspecified atom stereocenters. The lowest BCUT2D eigenvalue weighted by molar-refractivity contribution is 0.596. The lowest BCUT2D eigenvalue weighted by atomic mass is 10.4. The Morgan fingerprint density at radius 1 is 0.727 bits per heavy atom. The Bertz CT molecular complexity index is 803. The highest BCUT2D eigenvalue weighted by molar-refractivity contribution is 7.93. The molecular weight excluding hydrogens is 302 g/mol. The van der Waals surface area contributed by atoms with Crippen LogP contribution in [-0.4, -0.2) is 28.8 Å². The van der Waals surface area contributed by atoms with Crippen LogP contribution < -0.4 is 4.31 Å². The van der Waals surface area contributed by atoms with Crippen LogP contribution >= 0.6 is 0 Å². The van der Waals surface area contributed by atoms with Gasteiger partial charge in [-0.15, -0.1) is 0 Å². The molecule has 2 heterocycles. The quantitative estimate of drug-likeness (QED) is 0.729. The van der Waals surface area contributed by atoms with Crippen LogP contribution in [0.25, 0.3) is 0 Å². The van der Waals surface area contributed by atoms with E-state index in [1.165, 1.54) is 36.9 Å². The summed E-state index contributed by atoms with van der Waals surface area (Å²) in [6.45, 7) is 0. The van der Waals surface area contributed by atoms with Crippen LogP contribution in [0.4, 0.5) is 11.4 Å². The molecule has 0 radical (unpaired) electrons. The van der Waals surface area contributed by atoms with Gasteiger partial charge in [0.15, 0.2) is 0 Å². The van der Waals surface area contributed by atoms with E-state index in [1.54, 1.807) is 30.3 Å². The van der Waals surface area contributed by atoms with Crippen LogP contribution in [0.5, 0.6) is 0 Å². The normalized spacial score (nSPS) is 11.1. The van der Waals surface area contributed by atoms with Gasteiger partial charge >= 0.3 is 0 Å². The van der Waals surface area contributed by atoms with Gasteiger partial charge in [0, 0.05) is 0 Å². The summed E-state index contributed by atoms with van der Waals surface area (Å²) >= 11 is 0. The molecule has 7 nitrogen and oxygen atoms in total. The van der Waals surface area contributed by atoms with E-state index in [2.05, 4.69) is 20.4 Å². The van der Waals surface area contributed by atoms with E-state index in [9.17, 15) is 8.42 Å². The Morgan fingerprint density at radius 3 is 1.73 bits per heavy atom. The van der Waals surface area contributed by atoms with Crippen LogP contribution in [0.2, 0.25) is 0 Å². The van der Waals surface area contributed by atoms with E-state index in [-0.39, 0.29) is 4.90 Å². The monoisotopic (exact) mass is 313 g/mol. The second-order valence-corrected chi connectivity index (χ2v) is 6.07. The molecule has 0 N–H and O–H groups in total. The fraction of sp³-hybridized carbons (Fsp3) is 0.